The lowest BCUT2D eigenvalue weighted by molar-refractivity contribution is 0.407. The highest BCUT2D eigenvalue weighted by atomic mass is 32.1. The van der Waals surface area contributed by atoms with Gasteiger partial charge in [-0.1, -0.05) is 6.07 Å². The van der Waals surface area contributed by atoms with Crippen molar-refractivity contribution in [2.24, 2.45) is 0 Å². The normalized spacial score (nSPS) is 12.2. The molecule has 2 aromatic rings. The monoisotopic (exact) mass is 291 g/mol. The topological polar surface area (TPSA) is 30.5 Å². The van der Waals surface area contributed by atoms with Crippen molar-refractivity contribution in [1.82, 2.24) is 5.32 Å². The zero-order valence-corrected chi connectivity index (χ0v) is 13.4. The first-order valence-electron chi connectivity index (χ1n) is 6.56. The summed E-state index contributed by atoms with van der Waals surface area (Å²) in [5, 5.41) is 5.45. The van der Waals surface area contributed by atoms with E-state index < -0.39 is 0 Å². The summed E-state index contributed by atoms with van der Waals surface area (Å²) in [4.78, 5) is 1.20. The van der Waals surface area contributed by atoms with Gasteiger partial charge in [0.15, 0.2) is 0 Å². The SMILES string of the molecule is CNC(c1cc(C)c(OC)cc1C)c1sccc1OC. The number of methoxy groups -OCH3 is 2. The molecule has 1 heterocycles. The minimum absolute atomic E-state index is 0.134. The molecule has 4 heteroatoms. The molecule has 1 aromatic heterocycles. The fourth-order valence-corrected chi connectivity index (χ4v) is 3.45. The van der Waals surface area contributed by atoms with E-state index in [1.807, 2.05) is 13.1 Å². The van der Waals surface area contributed by atoms with Crippen LogP contribution < -0.4 is 14.8 Å². The van der Waals surface area contributed by atoms with Gasteiger partial charge in [-0.05, 0) is 55.1 Å². The lowest BCUT2D eigenvalue weighted by Gasteiger charge is -2.20. The van der Waals surface area contributed by atoms with Gasteiger partial charge in [-0.3, -0.25) is 0 Å². The van der Waals surface area contributed by atoms with Crippen LogP contribution in [0.15, 0.2) is 23.6 Å². The van der Waals surface area contributed by atoms with Crippen LogP contribution in [-0.4, -0.2) is 21.3 Å². The average molecular weight is 291 g/mol. The molecule has 0 saturated carbocycles. The highest BCUT2D eigenvalue weighted by Gasteiger charge is 2.20. The molecular weight excluding hydrogens is 270 g/mol. The minimum atomic E-state index is 0.134. The molecule has 0 aliphatic rings. The second-order valence-corrected chi connectivity index (χ2v) is 5.70. The molecule has 3 nitrogen and oxygen atoms in total. The van der Waals surface area contributed by atoms with E-state index >= 15 is 0 Å². The van der Waals surface area contributed by atoms with Gasteiger partial charge >= 0.3 is 0 Å². The first-order valence-corrected chi connectivity index (χ1v) is 7.44. The van der Waals surface area contributed by atoms with Gasteiger partial charge in [0, 0.05) is 0 Å². The van der Waals surface area contributed by atoms with Crippen molar-refractivity contribution in [2.75, 3.05) is 21.3 Å². The third kappa shape index (κ3) is 2.67. The summed E-state index contributed by atoms with van der Waals surface area (Å²) >= 11 is 1.71. The largest absolute Gasteiger partial charge is 0.496 e. The Morgan fingerprint density at radius 1 is 1.05 bits per heavy atom. The van der Waals surface area contributed by atoms with Crippen LogP contribution in [-0.2, 0) is 0 Å². The van der Waals surface area contributed by atoms with Crippen molar-refractivity contribution in [3.05, 3.63) is 45.1 Å². The van der Waals surface area contributed by atoms with E-state index in [1.54, 1.807) is 25.6 Å². The van der Waals surface area contributed by atoms with E-state index in [-0.39, 0.29) is 6.04 Å². The van der Waals surface area contributed by atoms with Crippen molar-refractivity contribution in [3.63, 3.8) is 0 Å². The van der Waals surface area contributed by atoms with Gasteiger partial charge in [0.1, 0.15) is 11.5 Å². The second kappa shape index (κ2) is 6.29. The molecule has 1 unspecified atom stereocenters. The molecule has 1 N–H and O–H groups in total. The zero-order chi connectivity index (χ0) is 14.7. The van der Waals surface area contributed by atoms with E-state index in [4.69, 9.17) is 9.47 Å². The van der Waals surface area contributed by atoms with Crippen LogP contribution in [0.2, 0.25) is 0 Å². The molecule has 0 aliphatic heterocycles. The van der Waals surface area contributed by atoms with Crippen molar-refractivity contribution < 1.29 is 9.47 Å². The maximum Gasteiger partial charge on any atom is 0.134 e. The summed E-state index contributed by atoms with van der Waals surface area (Å²) in [5.74, 6) is 1.86. The molecule has 1 aromatic carbocycles. The molecule has 0 fully saturated rings. The lowest BCUT2D eigenvalue weighted by atomic mass is 9.97. The molecule has 20 heavy (non-hydrogen) atoms. The number of nitrogens with one attached hydrogen (secondary N) is 1. The van der Waals surface area contributed by atoms with Crippen molar-refractivity contribution in [1.29, 1.82) is 0 Å². The molecule has 0 bridgehead atoms. The Morgan fingerprint density at radius 2 is 1.75 bits per heavy atom. The summed E-state index contributed by atoms with van der Waals surface area (Å²) in [6.07, 6.45) is 0. The third-order valence-corrected chi connectivity index (χ3v) is 4.49. The van der Waals surface area contributed by atoms with Gasteiger partial charge in [-0.25, -0.2) is 0 Å². The predicted octanol–water partition coefficient (Wildman–Crippen LogP) is 3.69. The number of benzene rings is 1. The van der Waals surface area contributed by atoms with Gasteiger partial charge < -0.3 is 14.8 Å². The fraction of sp³-hybridized carbons (Fsp3) is 0.375. The fourth-order valence-electron chi connectivity index (χ4n) is 2.46. The molecule has 0 amide bonds. The van der Waals surface area contributed by atoms with Crippen molar-refractivity contribution >= 4 is 11.3 Å². The van der Waals surface area contributed by atoms with Crippen molar-refractivity contribution in [3.8, 4) is 11.5 Å². The van der Waals surface area contributed by atoms with Gasteiger partial charge in [0.05, 0.1) is 25.1 Å². The van der Waals surface area contributed by atoms with Crippen LogP contribution in [0.3, 0.4) is 0 Å². The van der Waals surface area contributed by atoms with Gasteiger partial charge in [0.25, 0.3) is 0 Å². The Labute approximate surface area is 124 Å². The van der Waals surface area contributed by atoms with Crippen LogP contribution in [0.25, 0.3) is 0 Å². The summed E-state index contributed by atoms with van der Waals surface area (Å²) in [7, 11) is 5.40. The predicted molar refractivity (Wildman–Crippen MR) is 84.2 cm³/mol. The molecular formula is C16H21NO2S. The van der Waals surface area contributed by atoms with E-state index in [1.165, 1.54) is 16.0 Å². The Kier molecular flexibility index (Phi) is 4.68. The van der Waals surface area contributed by atoms with E-state index in [0.717, 1.165) is 17.1 Å². The third-order valence-electron chi connectivity index (χ3n) is 3.52. The Morgan fingerprint density at radius 3 is 2.35 bits per heavy atom. The van der Waals surface area contributed by atoms with Gasteiger partial charge in [-0.15, -0.1) is 11.3 Å². The number of hydrogen-bond acceptors (Lipinski definition) is 4. The standard InChI is InChI=1S/C16H21NO2S/c1-10-9-14(19-5)11(2)8-12(10)15(17-3)16-13(18-4)6-7-20-16/h6-9,15,17H,1-5H3. The van der Waals surface area contributed by atoms with E-state index in [0.29, 0.717) is 0 Å². The molecule has 2 rings (SSSR count). The van der Waals surface area contributed by atoms with Crippen molar-refractivity contribution in [2.45, 2.75) is 19.9 Å². The number of ether oxygens (including phenoxy) is 2. The molecule has 108 valence electrons. The summed E-state index contributed by atoms with van der Waals surface area (Å²) in [6.45, 7) is 4.18. The number of aryl methyl sites for hydroxylation is 2. The Balaban J connectivity index is 2.50. The van der Waals surface area contributed by atoms with Crippen LogP contribution >= 0.6 is 11.3 Å². The maximum atomic E-state index is 5.45. The summed E-state index contributed by atoms with van der Waals surface area (Å²) < 4.78 is 10.8. The van der Waals surface area contributed by atoms with Crippen LogP contribution in [0.4, 0.5) is 0 Å². The Hall–Kier alpha value is -1.52. The van der Waals surface area contributed by atoms with Crippen LogP contribution in [0, 0.1) is 13.8 Å². The molecule has 0 aliphatic carbocycles. The quantitative estimate of drug-likeness (QED) is 0.911. The highest BCUT2D eigenvalue weighted by Crippen LogP contribution is 2.37. The van der Waals surface area contributed by atoms with Gasteiger partial charge in [-0.2, -0.15) is 0 Å². The maximum absolute atomic E-state index is 5.45. The summed E-state index contributed by atoms with van der Waals surface area (Å²) in [6, 6.07) is 6.43. The lowest BCUT2D eigenvalue weighted by Crippen LogP contribution is -2.18. The smallest absolute Gasteiger partial charge is 0.134 e. The molecule has 0 saturated heterocycles. The average Bonchev–Trinajstić information content (AvgIpc) is 2.91. The van der Waals surface area contributed by atoms with Crippen LogP contribution in [0.1, 0.15) is 27.6 Å². The summed E-state index contributed by atoms with van der Waals surface area (Å²) in [5.41, 5.74) is 3.61. The Bertz CT molecular complexity index is 592. The minimum Gasteiger partial charge on any atom is -0.496 e. The first kappa shape index (κ1) is 14.9. The molecule has 0 spiro atoms. The number of thiophene rings is 1. The zero-order valence-electron chi connectivity index (χ0n) is 12.6. The molecule has 0 radical (unpaired) electrons. The highest BCUT2D eigenvalue weighted by molar-refractivity contribution is 7.10. The first-order chi connectivity index (χ1) is 9.62. The van der Waals surface area contributed by atoms with Crippen LogP contribution in [0.5, 0.6) is 11.5 Å². The number of rotatable bonds is 5. The second-order valence-electron chi connectivity index (χ2n) is 4.75. The number of hydrogen-bond donors (Lipinski definition) is 1. The van der Waals surface area contributed by atoms with E-state index in [9.17, 15) is 0 Å². The molecule has 1 atom stereocenters. The van der Waals surface area contributed by atoms with E-state index in [2.05, 4.69) is 36.7 Å². The van der Waals surface area contributed by atoms with Gasteiger partial charge in [0.2, 0.25) is 0 Å².